The van der Waals surface area contributed by atoms with Crippen LogP contribution in [0.15, 0.2) is 42.5 Å². The first-order chi connectivity index (χ1) is 16.4. The van der Waals surface area contributed by atoms with E-state index < -0.39 is 11.7 Å². The number of rotatable bonds is 9. The van der Waals surface area contributed by atoms with E-state index in [1.165, 1.54) is 18.2 Å². The van der Waals surface area contributed by atoms with Crippen LogP contribution in [0.5, 0.6) is 0 Å². The zero-order valence-electron chi connectivity index (χ0n) is 19.6. The minimum Gasteiger partial charge on any atom is -0.385 e. The standard InChI is InChI=1S/C25H31FN4O4/c1-18-8-9-19(16-22(18)28-24(32)20-6-3-4-7-21(20)26)25(33)30-13-11-29(12-14-30)17-23(31)27-10-5-15-34-2/h3-4,6-9,16H,5,10-15,17H2,1-2H3,(H,27,31)(H,28,32). The molecule has 3 amide bonds. The number of anilines is 1. The summed E-state index contributed by atoms with van der Waals surface area (Å²) >= 11 is 0. The van der Waals surface area contributed by atoms with Crippen molar-refractivity contribution in [2.24, 2.45) is 0 Å². The van der Waals surface area contributed by atoms with Gasteiger partial charge in [0.1, 0.15) is 5.82 Å². The van der Waals surface area contributed by atoms with Crippen LogP contribution in [0.3, 0.4) is 0 Å². The van der Waals surface area contributed by atoms with Gasteiger partial charge in [-0.2, -0.15) is 0 Å². The van der Waals surface area contributed by atoms with Crippen LogP contribution in [0.25, 0.3) is 0 Å². The number of halogens is 1. The largest absolute Gasteiger partial charge is 0.385 e. The summed E-state index contributed by atoms with van der Waals surface area (Å²) < 4.78 is 18.9. The van der Waals surface area contributed by atoms with Gasteiger partial charge in [-0.3, -0.25) is 19.3 Å². The lowest BCUT2D eigenvalue weighted by molar-refractivity contribution is -0.122. The first-order valence-electron chi connectivity index (χ1n) is 11.3. The average molecular weight is 471 g/mol. The van der Waals surface area contributed by atoms with Gasteiger partial charge in [-0.1, -0.05) is 18.2 Å². The molecule has 0 unspecified atom stereocenters. The van der Waals surface area contributed by atoms with Crippen molar-refractivity contribution in [3.05, 3.63) is 65.0 Å². The summed E-state index contributed by atoms with van der Waals surface area (Å²) in [6, 6.07) is 10.9. The van der Waals surface area contributed by atoms with Gasteiger partial charge < -0.3 is 20.3 Å². The van der Waals surface area contributed by atoms with Crippen molar-refractivity contribution in [3.63, 3.8) is 0 Å². The van der Waals surface area contributed by atoms with Gasteiger partial charge in [0.2, 0.25) is 5.91 Å². The predicted octanol–water partition coefficient (Wildman–Crippen LogP) is 2.30. The zero-order chi connectivity index (χ0) is 24.5. The maximum Gasteiger partial charge on any atom is 0.258 e. The Morgan fingerprint density at radius 2 is 1.79 bits per heavy atom. The number of hydrogen-bond donors (Lipinski definition) is 2. The van der Waals surface area contributed by atoms with Crippen LogP contribution in [0.4, 0.5) is 10.1 Å². The molecule has 182 valence electrons. The van der Waals surface area contributed by atoms with Crippen molar-refractivity contribution in [1.82, 2.24) is 15.1 Å². The van der Waals surface area contributed by atoms with E-state index in [-0.39, 0.29) is 17.4 Å². The van der Waals surface area contributed by atoms with Crippen LogP contribution in [-0.4, -0.2) is 80.5 Å². The summed E-state index contributed by atoms with van der Waals surface area (Å²) in [6.07, 6.45) is 0.768. The van der Waals surface area contributed by atoms with Gasteiger partial charge in [0.15, 0.2) is 0 Å². The van der Waals surface area contributed by atoms with Crippen molar-refractivity contribution in [2.45, 2.75) is 13.3 Å². The van der Waals surface area contributed by atoms with Crippen molar-refractivity contribution < 1.29 is 23.5 Å². The van der Waals surface area contributed by atoms with Gasteiger partial charge in [0.05, 0.1) is 12.1 Å². The van der Waals surface area contributed by atoms with Gasteiger partial charge in [-0.25, -0.2) is 4.39 Å². The third kappa shape index (κ3) is 6.85. The molecule has 1 heterocycles. The number of methoxy groups -OCH3 is 1. The highest BCUT2D eigenvalue weighted by atomic mass is 19.1. The van der Waals surface area contributed by atoms with Crippen molar-refractivity contribution in [2.75, 3.05) is 58.3 Å². The Morgan fingerprint density at radius 3 is 2.50 bits per heavy atom. The van der Waals surface area contributed by atoms with Crippen molar-refractivity contribution >= 4 is 23.4 Å². The number of carbonyl (C=O) groups is 3. The first kappa shape index (κ1) is 25.3. The van der Waals surface area contributed by atoms with Gasteiger partial charge in [-0.15, -0.1) is 0 Å². The van der Waals surface area contributed by atoms with Gasteiger partial charge >= 0.3 is 0 Å². The summed E-state index contributed by atoms with van der Waals surface area (Å²) in [7, 11) is 1.63. The highest BCUT2D eigenvalue weighted by molar-refractivity contribution is 6.05. The molecule has 0 atom stereocenters. The third-order valence-corrected chi connectivity index (χ3v) is 5.73. The fourth-order valence-electron chi connectivity index (χ4n) is 3.72. The van der Waals surface area contributed by atoms with E-state index in [4.69, 9.17) is 4.74 Å². The topological polar surface area (TPSA) is 91.0 Å². The molecule has 2 aromatic carbocycles. The van der Waals surface area contributed by atoms with Crippen LogP contribution in [0, 0.1) is 12.7 Å². The number of piperazine rings is 1. The summed E-state index contributed by atoms with van der Waals surface area (Å²) in [5, 5.41) is 5.58. The Bertz CT molecular complexity index is 1020. The van der Waals surface area contributed by atoms with Crippen molar-refractivity contribution in [1.29, 1.82) is 0 Å². The molecule has 0 spiro atoms. The second-order valence-corrected chi connectivity index (χ2v) is 8.23. The van der Waals surface area contributed by atoms with Crippen LogP contribution >= 0.6 is 0 Å². The molecule has 8 nitrogen and oxygen atoms in total. The quantitative estimate of drug-likeness (QED) is 0.549. The molecule has 2 N–H and O–H groups in total. The molecule has 0 radical (unpaired) electrons. The van der Waals surface area contributed by atoms with E-state index in [2.05, 4.69) is 10.6 Å². The Kier molecular flexibility index (Phi) is 9.12. The molecular weight excluding hydrogens is 439 g/mol. The molecule has 0 aliphatic carbocycles. The maximum absolute atomic E-state index is 13.9. The number of aryl methyl sites for hydroxylation is 1. The number of hydrogen-bond acceptors (Lipinski definition) is 5. The number of nitrogens with one attached hydrogen (secondary N) is 2. The van der Waals surface area contributed by atoms with Crippen LogP contribution in [-0.2, 0) is 9.53 Å². The fraction of sp³-hybridized carbons (Fsp3) is 0.400. The molecule has 2 aromatic rings. The van der Waals surface area contributed by atoms with Crippen LogP contribution < -0.4 is 10.6 Å². The normalized spacial score (nSPS) is 14.0. The summed E-state index contributed by atoms with van der Waals surface area (Å²) in [4.78, 5) is 41.4. The highest BCUT2D eigenvalue weighted by Gasteiger charge is 2.24. The second-order valence-electron chi connectivity index (χ2n) is 8.23. The maximum atomic E-state index is 13.9. The number of ether oxygens (including phenoxy) is 1. The van der Waals surface area contributed by atoms with Gasteiger partial charge in [0, 0.05) is 57.7 Å². The van der Waals surface area contributed by atoms with E-state index in [1.807, 2.05) is 11.8 Å². The monoisotopic (exact) mass is 470 g/mol. The lowest BCUT2D eigenvalue weighted by Crippen LogP contribution is -2.51. The van der Waals surface area contributed by atoms with E-state index >= 15 is 0 Å². The molecule has 1 fully saturated rings. The highest BCUT2D eigenvalue weighted by Crippen LogP contribution is 2.20. The molecule has 1 aliphatic heterocycles. The Hall–Kier alpha value is -3.30. The van der Waals surface area contributed by atoms with Crippen molar-refractivity contribution in [3.8, 4) is 0 Å². The fourth-order valence-corrected chi connectivity index (χ4v) is 3.72. The predicted molar refractivity (Wildman–Crippen MR) is 127 cm³/mol. The Balaban J connectivity index is 1.55. The van der Waals surface area contributed by atoms with E-state index in [0.29, 0.717) is 57.1 Å². The van der Waals surface area contributed by atoms with E-state index in [1.54, 1.807) is 36.3 Å². The smallest absolute Gasteiger partial charge is 0.258 e. The van der Waals surface area contributed by atoms with E-state index in [0.717, 1.165) is 12.0 Å². The molecule has 0 saturated carbocycles. The SMILES string of the molecule is COCCCNC(=O)CN1CCN(C(=O)c2ccc(C)c(NC(=O)c3ccccc3F)c2)CC1. The molecule has 3 rings (SSSR count). The Morgan fingerprint density at radius 1 is 1.06 bits per heavy atom. The second kappa shape index (κ2) is 12.2. The lowest BCUT2D eigenvalue weighted by atomic mass is 10.1. The average Bonchev–Trinajstić information content (AvgIpc) is 2.83. The lowest BCUT2D eigenvalue weighted by Gasteiger charge is -2.34. The van der Waals surface area contributed by atoms with Crippen LogP contribution in [0.2, 0.25) is 0 Å². The zero-order valence-corrected chi connectivity index (χ0v) is 19.6. The molecular formula is C25H31FN4O4. The summed E-state index contributed by atoms with van der Waals surface area (Å²) in [6.45, 7) is 5.49. The number of nitrogens with zero attached hydrogens (tertiary/aromatic N) is 2. The van der Waals surface area contributed by atoms with Crippen LogP contribution in [0.1, 0.15) is 32.7 Å². The molecule has 0 aromatic heterocycles. The minimum atomic E-state index is -0.605. The summed E-state index contributed by atoms with van der Waals surface area (Å²) in [5.74, 6) is -1.36. The molecule has 1 aliphatic rings. The summed E-state index contributed by atoms with van der Waals surface area (Å²) in [5.41, 5.74) is 1.61. The Labute approximate surface area is 199 Å². The number of carbonyl (C=O) groups excluding carboxylic acids is 3. The van der Waals surface area contributed by atoms with Gasteiger partial charge in [0.25, 0.3) is 11.8 Å². The first-order valence-corrected chi connectivity index (χ1v) is 11.3. The van der Waals surface area contributed by atoms with Gasteiger partial charge in [-0.05, 0) is 43.2 Å². The molecule has 9 heteroatoms. The third-order valence-electron chi connectivity index (χ3n) is 5.73. The number of amides is 3. The molecule has 0 bridgehead atoms. The van der Waals surface area contributed by atoms with E-state index in [9.17, 15) is 18.8 Å². The number of benzene rings is 2. The molecule has 34 heavy (non-hydrogen) atoms. The molecule has 1 saturated heterocycles. The minimum absolute atomic E-state index is 0.0374.